The largest absolute Gasteiger partial charge is 0.508 e. The average Bonchev–Trinajstić information content (AvgIpc) is 2.21. The van der Waals surface area contributed by atoms with E-state index in [0.29, 0.717) is 0 Å². The van der Waals surface area contributed by atoms with Gasteiger partial charge in [0.15, 0.2) is 0 Å². The van der Waals surface area contributed by atoms with Gasteiger partial charge >= 0.3 is 0 Å². The number of halogens is 1. The predicted octanol–water partition coefficient (Wildman–Crippen LogP) is 1.08. The fourth-order valence-corrected chi connectivity index (χ4v) is 0.829. The Hall–Kier alpha value is -1.55. The second kappa shape index (κ2) is 5.24. The van der Waals surface area contributed by atoms with Crippen LogP contribution in [0, 0.1) is 0 Å². The van der Waals surface area contributed by atoms with Crippen molar-refractivity contribution < 1.29 is 9.90 Å². The molecule has 1 aromatic rings. The first-order valence-corrected chi connectivity index (χ1v) is 4.42. The summed E-state index contributed by atoms with van der Waals surface area (Å²) in [5, 5.41) is 12.6. The number of aromatic hydroxyl groups is 1. The summed E-state index contributed by atoms with van der Waals surface area (Å²) < 4.78 is 0. The molecule has 0 aliphatic rings. The van der Waals surface area contributed by atoms with Gasteiger partial charge in [0.25, 0.3) is 5.91 Å². The molecule has 0 saturated carbocycles. The number of nitrogens with zero attached hydrogens (tertiary/aromatic N) is 1. The van der Waals surface area contributed by atoms with Crippen LogP contribution in [0.2, 0.25) is 0 Å². The molecule has 1 aromatic carbocycles. The number of hydrazone groups is 1. The number of alkyl halides is 1. The van der Waals surface area contributed by atoms with Crippen molar-refractivity contribution in [1.82, 2.24) is 5.43 Å². The molecular formula is C9H9ClN2O2. The second-order valence-electron chi connectivity index (χ2n) is 2.52. The Labute approximate surface area is 86.2 Å². The molecule has 1 amide bonds. The van der Waals surface area contributed by atoms with Crippen molar-refractivity contribution in [1.29, 1.82) is 0 Å². The maximum Gasteiger partial charge on any atom is 0.254 e. The van der Waals surface area contributed by atoms with Crippen LogP contribution in [0.25, 0.3) is 0 Å². The van der Waals surface area contributed by atoms with E-state index >= 15 is 0 Å². The highest BCUT2D eigenvalue weighted by Crippen LogP contribution is 2.07. The third-order valence-electron chi connectivity index (χ3n) is 1.42. The molecule has 0 spiro atoms. The van der Waals surface area contributed by atoms with Crippen LogP contribution in [0.3, 0.4) is 0 Å². The Morgan fingerprint density at radius 1 is 1.50 bits per heavy atom. The topological polar surface area (TPSA) is 61.7 Å². The number of hydrogen-bond donors (Lipinski definition) is 2. The first-order valence-electron chi connectivity index (χ1n) is 3.89. The first-order chi connectivity index (χ1) is 6.72. The van der Waals surface area contributed by atoms with Gasteiger partial charge in [-0.25, -0.2) is 5.43 Å². The van der Waals surface area contributed by atoms with Crippen LogP contribution in [-0.2, 0) is 4.79 Å². The van der Waals surface area contributed by atoms with Gasteiger partial charge in [-0.15, -0.1) is 11.6 Å². The number of benzene rings is 1. The van der Waals surface area contributed by atoms with Gasteiger partial charge in [-0.2, -0.15) is 5.10 Å². The summed E-state index contributed by atoms with van der Waals surface area (Å²) in [6.45, 7) is 0. The fraction of sp³-hybridized carbons (Fsp3) is 0.111. The number of carbonyl (C=O) groups is 1. The van der Waals surface area contributed by atoms with Gasteiger partial charge in [-0.05, 0) is 29.8 Å². The first kappa shape index (κ1) is 10.5. The molecule has 4 nitrogen and oxygen atoms in total. The highest BCUT2D eigenvalue weighted by molar-refractivity contribution is 6.27. The third kappa shape index (κ3) is 3.45. The van der Waals surface area contributed by atoms with Crippen LogP contribution >= 0.6 is 11.6 Å². The quantitative estimate of drug-likeness (QED) is 0.448. The maximum atomic E-state index is 10.7. The minimum atomic E-state index is -0.360. The molecule has 0 heterocycles. The average molecular weight is 213 g/mol. The van der Waals surface area contributed by atoms with Crippen LogP contribution in [-0.4, -0.2) is 23.1 Å². The van der Waals surface area contributed by atoms with Gasteiger partial charge in [-0.1, -0.05) is 0 Å². The molecule has 0 atom stereocenters. The summed E-state index contributed by atoms with van der Waals surface area (Å²) in [5.41, 5.74) is 3.01. The van der Waals surface area contributed by atoms with E-state index in [-0.39, 0.29) is 17.5 Å². The fourth-order valence-electron chi connectivity index (χ4n) is 0.769. The summed E-state index contributed by atoms with van der Waals surface area (Å²) in [6.07, 6.45) is 1.46. The zero-order valence-electron chi connectivity index (χ0n) is 7.27. The lowest BCUT2D eigenvalue weighted by Gasteiger charge is -1.94. The SMILES string of the molecule is O=C(CCl)NN=Cc1ccc(O)cc1. The van der Waals surface area contributed by atoms with Crippen LogP contribution in [0.1, 0.15) is 5.56 Å². The summed E-state index contributed by atoms with van der Waals surface area (Å²) in [6, 6.07) is 6.41. The number of carbonyl (C=O) groups excluding carboxylic acids is 1. The van der Waals surface area contributed by atoms with E-state index in [1.807, 2.05) is 0 Å². The number of nitrogens with one attached hydrogen (secondary N) is 1. The molecule has 0 aliphatic carbocycles. The standard InChI is InChI=1S/C9H9ClN2O2/c10-5-9(14)12-11-6-7-1-3-8(13)4-2-7/h1-4,6,13H,5H2,(H,12,14). The number of phenols is 1. The molecule has 0 unspecified atom stereocenters. The van der Waals surface area contributed by atoms with Crippen LogP contribution in [0.4, 0.5) is 0 Å². The van der Waals surface area contributed by atoms with E-state index in [9.17, 15) is 4.79 Å². The highest BCUT2D eigenvalue weighted by atomic mass is 35.5. The van der Waals surface area contributed by atoms with E-state index in [1.165, 1.54) is 18.3 Å². The number of hydrogen-bond acceptors (Lipinski definition) is 3. The summed E-state index contributed by atoms with van der Waals surface area (Å²) >= 11 is 5.24. The molecule has 0 fully saturated rings. The molecule has 0 aromatic heterocycles. The smallest absolute Gasteiger partial charge is 0.254 e. The van der Waals surface area contributed by atoms with Gasteiger partial charge in [0.1, 0.15) is 11.6 Å². The zero-order valence-corrected chi connectivity index (χ0v) is 8.03. The van der Waals surface area contributed by atoms with Crippen LogP contribution < -0.4 is 5.43 Å². The molecule has 0 bridgehead atoms. The van der Waals surface area contributed by atoms with Crippen molar-refractivity contribution in [3.63, 3.8) is 0 Å². The van der Waals surface area contributed by atoms with Crippen molar-refractivity contribution in [3.05, 3.63) is 29.8 Å². The Bertz CT molecular complexity index is 335. The van der Waals surface area contributed by atoms with Gasteiger partial charge in [-0.3, -0.25) is 4.79 Å². The Morgan fingerprint density at radius 3 is 2.71 bits per heavy atom. The lowest BCUT2D eigenvalue weighted by molar-refractivity contribution is -0.118. The Morgan fingerprint density at radius 2 is 2.14 bits per heavy atom. The zero-order chi connectivity index (χ0) is 10.4. The molecule has 2 N–H and O–H groups in total. The number of rotatable bonds is 3. The van der Waals surface area contributed by atoms with E-state index in [4.69, 9.17) is 16.7 Å². The summed E-state index contributed by atoms with van der Waals surface area (Å²) in [4.78, 5) is 10.7. The molecule has 1 rings (SSSR count). The van der Waals surface area contributed by atoms with Crippen LogP contribution in [0.5, 0.6) is 5.75 Å². The van der Waals surface area contributed by atoms with Gasteiger partial charge in [0, 0.05) is 0 Å². The Kier molecular flexibility index (Phi) is 3.94. The van der Waals surface area contributed by atoms with E-state index in [1.54, 1.807) is 12.1 Å². The number of amides is 1. The van der Waals surface area contributed by atoms with Crippen molar-refractivity contribution >= 4 is 23.7 Å². The predicted molar refractivity (Wildman–Crippen MR) is 54.6 cm³/mol. The van der Waals surface area contributed by atoms with E-state index in [2.05, 4.69) is 10.5 Å². The Balaban J connectivity index is 2.52. The molecule has 14 heavy (non-hydrogen) atoms. The normalized spacial score (nSPS) is 10.4. The van der Waals surface area contributed by atoms with E-state index < -0.39 is 0 Å². The summed E-state index contributed by atoms with van der Waals surface area (Å²) in [7, 11) is 0. The minimum absolute atomic E-state index is 0.118. The molecular weight excluding hydrogens is 204 g/mol. The minimum Gasteiger partial charge on any atom is -0.508 e. The van der Waals surface area contributed by atoms with E-state index in [0.717, 1.165) is 5.56 Å². The van der Waals surface area contributed by atoms with Crippen molar-refractivity contribution in [3.8, 4) is 5.75 Å². The highest BCUT2D eigenvalue weighted by Gasteiger charge is 1.93. The van der Waals surface area contributed by atoms with Crippen molar-refractivity contribution in [2.24, 2.45) is 5.10 Å². The molecule has 0 aliphatic heterocycles. The van der Waals surface area contributed by atoms with Gasteiger partial charge < -0.3 is 5.11 Å². The third-order valence-corrected chi connectivity index (χ3v) is 1.66. The molecule has 74 valence electrons. The lowest BCUT2D eigenvalue weighted by Crippen LogP contribution is -2.18. The summed E-state index contributed by atoms with van der Waals surface area (Å²) in [5.74, 6) is -0.291. The molecule has 5 heteroatoms. The maximum absolute atomic E-state index is 10.7. The number of phenolic OH excluding ortho intramolecular Hbond substituents is 1. The van der Waals surface area contributed by atoms with Crippen LogP contribution in [0.15, 0.2) is 29.4 Å². The molecule has 0 saturated heterocycles. The van der Waals surface area contributed by atoms with Crippen molar-refractivity contribution in [2.45, 2.75) is 0 Å². The van der Waals surface area contributed by atoms with Crippen molar-refractivity contribution in [2.75, 3.05) is 5.88 Å². The lowest BCUT2D eigenvalue weighted by atomic mass is 10.2. The monoisotopic (exact) mass is 212 g/mol. The van der Waals surface area contributed by atoms with Gasteiger partial charge in [0.05, 0.1) is 6.21 Å². The molecule has 0 radical (unpaired) electrons. The second-order valence-corrected chi connectivity index (χ2v) is 2.79. The van der Waals surface area contributed by atoms with Gasteiger partial charge in [0.2, 0.25) is 0 Å².